The summed E-state index contributed by atoms with van der Waals surface area (Å²) in [6.45, 7) is 4.01. The molecule has 0 saturated carbocycles. The zero-order valence-corrected chi connectivity index (χ0v) is 12.8. The highest BCUT2D eigenvalue weighted by molar-refractivity contribution is 6.31. The van der Waals surface area contributed by atoms with Crippen molar-refractivity contribution < 1.29 is 9.13 Å². The van der Waals surface area contributed by atoms with E-state index in [-0.39, 0.29) is 10.9 Å². The molecule has 110 valence electrons. The van der Waals surface area contributed by atoms with Gasteiger partial charge in [0.2, 0.25) is 0 Å². The SMILES string of the molecule is CCCCOCCn1c(CCl)nc2cc(Cl)c(F)cc21. The molecule has 0 aliphatic heterocycles. The molecule has 1 aromatic heterocycles. The summed E-state index contributed by atoms with van der Waals surface area (Å²) in [6.07, 6.45) is 2.14. The van der Waals surface area contributed by atoms with Crippen LogP contribution in [0.15, 0.2) is 12.1 Å². The average molecular weight is 319 g/mol. The Hall–Kier alpha value is -0.840. The molecule has 2 rings (SSSR count). The highest BCUT2D eigenvalue weighted by Crippen LogP contribution is 2.24. The van der Waals surface area contributed by atoms with Crippen LogP contribution >= 0.6 is 23.2 Å². The van der Waals surface area contributed by atoms with Crippen LogP contribution in [0.1, 0.15) is 25.6 Å². The number of unbranched alkanes of at least 4 members (excludes halogenated alkanes) is 1. The molecule has 0 fully saturated rings. The van der Waals surface area contributed by atoms with E-state index in [1.807, 2.05) is 4.57 Å². The molecule has 0 N–H and O–H groups in total. The molecule has 0 aliphatic rings. The van der Waals surface area contributed by atoms with Crippen molar-refractivity contribution in [3.05, 3.63) is 28.8 Å². The van der Waals surface area contributed by atoms with Gasteiger partial charge in [-0.1, -0.05) is 24.9 Å². The summed E-state index contributed by atoms with van der Waals surface area (Å²) in [5, 5.41) is 0.0717. The zero-order chi connectivity index (χ0) is 14.5. The third kappa shape index (κ3) is 3.43. The van der Waals surface area contributed by atoms with Crippen LogP contribution in [0.2, 0.25) is 5.02 Å². The third-order valence-electron chi connectivity index (χ3n) is 3.09. The lowest BCUT2D eigenvalue weighted by Crippen LogP contribution is -2.09. The van der Waals surface area contributed by atoms with Gasteiger partial charge in [-0.3, -0.25) is 0 Å². The second-order valence-corrected chi connectivity index (χ2v) is 5.21. The fourth-order valence-electron chi connectivity index (χ4n) is 2.03. The minimum Gasteiger partial charge on any atom is -0.380 e. The summed E-state index contributed by atoms with van der Waals surface area (Å²) < 4.78 is 21.0. The van der Waals surface area contributed by atoms with Gasteiger partial charge in [0.25, 0.3) is 0 Å². The number of benzene rings is 1. The molecule has 1 aromatic carbocycles. The Bertz CT molecular complexity index is 586. The Balaban J connectivity index is 2.19. The Labute approximate surface area is 127 Å². The number of nitrogens with zero attached hydrogens (tertiary/aromatic N) is 2. The van der Waals surface area contributed by atoms with Crippen molar-refractivity contribution >= 4 is 34.2 Å². The Morgan fingerprint density at radius 2 is 2.15 bits per heavy atom. The summed E-state index contributed by atoms with van der Waals surface area (Å²) in [5.74, 6) is 0.513. The normalized spacial score (nSPS) is 11.4. The molecule has 0 bridgehead atoms. The van der Waals surface area contributed by atoms with Gasteiger partial charge in [-0.05, 0) is 12.5 Å². The Morgan fingerprint density at radius 3 is 2.85 bits per heavy atom. The highest BCUT2D eigenvalue weighted by Gasteiger charge is 2.12. The maximum absolute atomic E-state index is 13.6. The van der Waals surface area contributed by atoms with Crippen molar-refractivity contribution in [2.24, 2.45) is 0 Å². The van der Waals surface area contributed by atoms with Crippen molar-refractivity contribution in [2.75, 3.05) is 13.2 Å². The van der Waals surface area contributed by atoms with Crippen LogP contribution in [0.5, 0.6) is 0 Å². The van der Waals surface area contributed by atoms with E-state index in [1.165, 1.54) is 12.1 Å². The predicted molar refractivity (Wildman–Crippen MR) is 80.0 cm³/mol. The number of alkyl halides is 1. The van der Waals surface area contributed by atoms with Crippen LogP contribution in [0, 0.1) is 5.82 Å². The van der Waals surface area contributed by atoms with Gasteiger partial charge in [0.15, 0.2) is 0 Å². The third-order valence-corrected chi connectivity index (χ3v) is 3.62. The molecule has 0 spiro atoms. The topological polar surface area (TPSA) is 27.1 Å². The van der Waals surface area contributed by atoms with Gasteiger partial charge in [0.1, 0.15) is 11.6 Å². The molecular formula is C14H17Cl2FN2O. The molecule has 1 heterocycles. The molecule has 0 amide bonds. The molecule has 0 saturated heterocycles. The number of hydrogen-bond donors (Lipinski definition) is 0. The maximum Gasteiger partial charge on any atom is 0.144 e. The first-order valence-electron chi connectivity index (χ1n) is 6.65. The minimum absolute atomic E-state index is 0.0717. The molecule has 0 unspecified atom stereocenters. The summed E-state index contributed by atoms with van der Waals surface area (Å²) in [4.78, 5) is 4.37. The number of imidazole rings is 1. The summed E-state index contributed by atoms with van der Waals surface area (Å²) >= 11 is 11.7. The Kier molecular flexibility index (Phi) is 5.64. The first kappa shape index (κ1) is 15.5. The lowest BCUT2D eigenvalue weighted by atomic mass is 10.3. The number of rotatable bonds is 7. The molecule has 2 aromatic rings. The first-order valence-corrected chi connectivity index (χ1v) is 7.56. The van der Waals surface area contributed by atoms with Crippen molar-refractivity contribution in [1.29, 1.82) is 0 Å². The summed E-state index contributed by atoms with van der Waals surface area (Å²) in [6, 6.07) is 2.92. The monoisotopic (exact) mass is 318 g/mol. The van der Waals surface area contributed by atoms with E-state index in [4.69, 9.17) is 27.9 Å². The number of ether oxygens (including phenoxy) is 1. The molecule has 0 atom stereocenters. The van der Waals surface area contributed by atoms with Gasteiger partial charge in [-0.15, -0.1) is 11.6 Å². The van der Waals surface area contributed by atoms with Crippen molar-refractivity contribution in [2.45, 2.75) is 32.2 Å². The lowest BCUT2D eigenvalue weighted by Gasteiger charge is -2.08. The molecule has 20 heavy (non-hydrogen) atoms. The largest absolute Gasteiger partial charge is 0.380 e. The quantitative estimate of drug-likeness (QED) is 0.559. The van der Waals surface area contributed by atoms with Crippen LogP contribution < -0.4 is 0 Å². The minimum atomic E-state index is -0.451. The van der Waals surface area contributed by atoms with Gasteiger partial charge in [0.05, 0.1) is 28.5 Å². The van der Waals surface area contributed by atoms with Gasteiger partial charge in [0, 0.05) is 19.2 Å². The van der Waals surface area contributed by atoms with E-state index in [0.29, 0.717) is 30.0 Å². The number of hydrogen-bond acceptors (Lipinski definition) is 2. The highest BCUT2D eigenvalue weighted by atomic mass is 35.5. The van der Waals surface area contributed by atoms with Gasteiger partial charge < -0.3 is 9.30 Å². The Morgan fingerprint density at radius 1 is 1.35 bits per heavy atom. The average Bonchev–Trinajstić information content (AvgIpc) is 2.76. The lowest BCUT2D eigenvalue weighted by molar-refractivity contribution is 0.124. The second-order valence-electron chi connectivity index (χ2n) is 4.53. The van der Waals surface area contributed by atoms with Crippen LogP contribution in [-0.4, -0.2) is 22.8 Å². The summed E-state index contributed by atoms with van der Waals surface area (Å²) in [5.41, 5.74) is 1.35. The number of halogens is 3. The van der Waals surface area contributed by atoms with Gasteiger partial charge in [-0.25, -0.2) is 9.37 Å². The molecule has 0 aliphatic carbocycles. The molecule has 6 heteroatoms. The van der Waals surface area contributed by atoms with Crippen molar-refractivity contribution in [3.63, 3.8) is 0 Å². The standard InChI is InChI=1S/C14H17Cl2FN2O/c1-2-3-5-20-6-4-19-13-8-11(17)10(16)7-12(13)18-14(19)9-15/h7-8H,2-6,9H2,1H3. The molecule has 3 nitrogen and oxygen atoms in total. The van der Waals surface area contributed by atoms with E-state index in [0.717, 1.165) is 19.4 Å². The van der Waals surface area contributed by atoms with Crippen LogP contribution in [-0.2, 0) is 17.2 Å². The van der Waals surface area contributed by atoms with Gasteiger partial charge >= 0.3 is 0 Å². The summed E-state index contributed by atoms with van der Waals surface area (Å²) in [7, 11) is 0. The van der Waals surface area contributed by atoms with E-state index in [1.54, 1.807) is 0 Å². The number of fused-ring (bicyclic) bond motifs is 1. The predicted octanol–water partition coefficient (Wildman–Crippen LogP) is 4.38. The van der Waals surface area contributed by atoms with Crippen LogP contribution in [0.3, 0.4) is 0 Å². The van der Waals surface area contributed by atoms with Crippen molar-refractivity contribution in [1.82, 2.24) is 9.55 Å². The smallest absolute Gasteiger partial charge is 0.144 e. The van der Waals surface area contributed by atoms with Crippen LogP contribution in [0.4, 0.5) is 4.39 Å². The fourth-order valence-corrected chi connectivity index (χ4v) is 2.39. The first-order chi connectivity index (χ1) is 9.67. The van der Waals surface area contributed by atoms with E-state index in [2.05, 4.69) is 11.9 Å². The fraction of sp³-hybridized carbons (Fsp3) is 0.500. The van der Waals surface area contributed by atoms with Gasteiger partial charge in [-0.2, -0.15) is 0 Å². The second kappa shape index (κ2) is 7.25. The van der Waals surface area contributed by atoms with E-state index >= 15 is 0 Å². The van der Waals surface area contributed by atoms with Crippen molar-refractivity contribution in [3.8, 4) is 0 Å². The van der Waals surface area contributed by atoms with E-state index < -0.39 is 5.82 Å². The zero-order valence-electron chi connectivity index (χ0n) is 11.3. The molecule has 0 radical (unpaired) electrons. The molecular weight excluding hydrogens is 302 g/mol. The maximum atomic E-state index is 13.6. The van der Waals surface area contributed by atoms with Crippen LogP contribution in [0.25, 0.3) is 11.0 Å². The van der Waals surface area contributed by atoms with E-state index in [9.17, 15) is 4.39 Å². The number of aromatic nitrogens is 2.